The summed E-state index contributed by atoms with van der Waals surface area (Å²) in [6.07, 6.45) is 0. The molecule has 0 bridgehead atoms. The molecule has 0 aliphatic carbocycles. The van der Waals surface area contributed by atoms with Crippen LogP contribution in [0.2, 0.25) is 0 Å². The maximum Gasteiger partial charge on any atom is 0.175 e. The van der Waals surface area contributed by atoms with E-state index in [0.29, 0.717) is 10.2 Å². The first kappa shape index (κ1) is 25.0. The Hall–Kier alpha value is -4.14. The van der Waals surface area contributed by atoms with E-state index in [9.17, 15) is 0 Å². The summed E-state index contributed by atoms with van der Waals surface area (Å²) in [6, 6.07) is 31.4. The molecule has 182 valence electrons. The Kier molecular flexibility index (Phi) is 8.33. The van der Waals surface area contributed by atoms with Crippen LogP contribution in [0.25, 0.3) is 11.1 Å². The van der Waals surface area contributed by atoms with Crippen LogP contribution in [0, 0.1) is 0 Å². The Bertz CT molecular complexity index is 1240. The normalized spacial score (nSPS) is 10.2. The van der Waals surface area contributed by atoms with Crippen LogP contribution in [0.15, 0.2) is 97.1 Å². The lowest BCUT2D eigenvalue weighted by Gasteiger charge is -2.14. The summed E-state index contributed by atoms with van der Waals surface area (Å²) in [5.74, 6) is 1.46. The highest BCUT2D eigenvalue weighted by molar-refractivity contribution is 7.81. The molecule has 4 aromatic carbocycles. The van der Waals surface area contributed by atoms with Crippen molar-refractivity contribution < 1.29 is 9.47 Å². The highest BCUT2D eigenvalue weighted by Gasteiger charge is 2.06. The van der Waals surface area contributed by atoms with Gasteiger partial charge in [-0.05, 0) is 84.1 Å². The molecule has 0 saturated carbocycles. The number of thiocarbonyl (C=S) groups is 2. The highest BCUT2D eigenvalue weighted by Crippen LogP contribution is 2.26. The Morgan fingerprint density at radius 3 is 1.22 bits per heavy atom. The molecule has 6 nitrogen and oxygen atoms in total. The predicted octanol–water partition coefficient (Wildman–Crippen LogP) is 6.99. The highest BCUT2D eigenvalue weighted by atomic mass is 32.1. The third-order valence-electron chi connectivity index (χ3n) is 5.33. The molecule has 36 heavy (non-hydrogen) atoms. The zero-order chi connectivity index (χ0) is 25.3. The lowest BCUT2D eigenvalue weighted by Crippen LogP contribution is -2.19. The summed E-state index contributed by atoms with van der Waals surface area (Å²) in [6.45, 7) is 0. The summed E-state index contributed by atoms with van der Waals surface area (Å²) in [4.78, 5) is 0. The van der Waals surface area contributed by atoms with E-state index in [1.807, 2.05) is 97.1 Å². The number of methoxy groups -OCH3 is 2. The number of ether oxygens (including phenoxy) is 2. The van der Waals surface area contributed by atoms with Gasteiger partial charge in [-0.1, -0.05) is 48.5 Å². The van der Waals surface area contributed by atoms with Crippen molar-refractivity contribution in [2.45, 2.75) is 0 Å². The predicted molar refractivity (Wildman–Crippen MR) is 158 cm³/mol. The Labute approximate surface area is 221 Å². The average Bonchev–Trinajstić information content (AvgIpc) is 2.90. The van der Waals surface area contributed by atoms with Gasteiger partial charge >= 0.3 is 0 Å². The topological polar surface area (TPSA) is 66.6 Å². The zero-order valence-corrected chi connectivity index (χ0v) is 21.5. The quantitative estimate of drug-likeness (QED) is 0.197. The minimum atomic E-state index is 0.486. The van der Waals surface area contributed by atoms with Crippen LogP contribution in [0.4, 0.5) is 22.7 Å². The molecule has 4 aromatic rings. The Balaban J connectivity index is 1.34. The average molecular weight is 515 g/mol. The lowest BCUT2D eigenvalue weighted by atomic mass is 10.1. The van der Waals surface area contributed by atoms with Gasteiger partial charge in [0.05, 0.1) is 25.6 Å². The third kappa shape index (κ3) is 6.50. The Morgan fingerprint density at radius 2 is 0.861 bits per heavy atom. The van der Waals surface area contributed by atoms with Crippen molar-refractivity contribution in [2.75, 3.05) is 35.5 Å². The van der Waals surface area contributed by atoms with Gasteiger partial charge in [0, 0.05) is 11.4 Å². The molecule has 0 spiro atoms. The lowest BCUT2D eigenvalue weighted by molar-refractivity contribution is 0.417. The molecule has 8 heteroatoms. The zero-order valence-electron chi connectivity index (χ0n) is 19.9. The van der Waals surface area contributed by atoms with Crippen LogP contribution in [0.5, 0.6) is 11.5 Å². The van der Waals surface area contributed by atoms with E-state index in [0.717, 1.165) is 45.4 Å². The minimum absolute atomic E-state index is 0.486. The summed E-state index contributed by atoms with van der Waals surface area (Å²) >= 11 is 10.9. The van der Waals surface area contributed by atoms with Crippen molar-refractivity contribution >= 4 is 57.4 Å². The molecule has 0 aliphatic rings. The largest absolute Gasteiger partial charge is 0.495 e. The van der Waals surface area contributed by atoms with Crippen molar-refractivity contribution in [3.05, 3.63) is 97.1 Å². The molecule has 0 atom stereocenters. The van der Waals surface area contributed by atoms with Gasteiger partial charge in [0.1, 0.15) is 11.5 Å². The first-order chi connectivity index (χ1) is 17.6. The fraction of sp³-hybridized carbons (Fsp3) is 0.0714. The van der Waals surface area contributed by atoms with Gasteiger partial charge in [-0.15, -0.1) is 0 Å². The number of hydrogen-bond donors (Lipinski definition) is 4. The second-order valence-corrected chi connectivity index (χ2v) is 8.53. The molecule has 4 N–H and O–H groups in total. The van der Waals surface area contributed by atoms with Gasteiger partial charge in [0.25, 0.3) is 0 Å². The molecule has 0 aliphatic heterocycles. The number of anilines is 4. The van der Waals surface area contributed by atoms with Crippen LogP contribution >= 0.6 is 24.4 Å². The van der Waals surface area contributed by atoms with Crippen molar-refractivity contribution in [3.8, 4) is 22.6 Å². The summed E-state index contributed by atoms with van der Waals surface area (Å²) in [5, 5.41) is 13.7. The van der Waals surface area contributed by atoms with E-state index in [4.69, 9.17) is 33.9 Å². The summed E-state index contributed by atoms with van der Waals surface area (Å²) < 4.78 is 10.7. The van der Waals surface area contributed by atoms with Crippen LogP contribution in [0.3, 0.4) is 0 Å². The molecule has 0 amide bonds. The second-order valence-electron chi connectivity index (χ2n) is 7.71. The summed E-state index contributed by atoms with van der Waals surface area (Å²) in [7, 11) is 3.26. The van der Waals surface area contributed by atoms with Crippen LogP contribution < -0.4 is 30.7 Å². The maximum absolute atomic E-state index is 5.45. The van der Waals surface area contributed by atoms with Crippen molar-refractivity contribution in [1.82, 2.24) is 0 Å². The van der Waals surface area contributed by atoms with Crippen molar-refractivity contribution in [2.24, 2.45) is 0 Å². The van der Waals surface area contributed by atoms with Gasteiger partial charge in [-0.25, -0.2) is 0 Å². The van der Waals surface area contributed by atoms with E-state index < -0.39 is 0 Å². The van der Waals surface area contributed by atoms with Gasteiger partial charge < -0.3 is 30.7 Å². The molecule has 0 aromatic heterocycles. The fourth-order valence-corrected chi connectivity index (χ4v) is 4.01. The molecule has 0 saturated heterocycles. The van der Waals surface area contributed by atoms with E-state index in [1.54, 1.807) is 14.2 Å². The summed E-state index contributed by atoms with van der Waals surface area (Å²) in [5.41, 5.74) is 5.56. The van der Waals surface area contributed by atoms with Gasteiger partial charge in [-0.2, -0.15) is 0 Å². The number of benzene rings is 4. The SMILES string of the molecule is COc1ccccc1NC(=S)Nc1ccc(-c2ccc(NC(=S)Nc3ccccc3OC)cc2)cc1. The van der Waals surface area contributed by atoms with Gasteiger partial charge in [0.15, 0.2) is 10.2 Å². The van der Waals surface area contributed by atoms with E-state index in [-0.39, 0.29) is 0 Å². The molecular weight excluding hydrogens is 488 g/mol. The second kappa shape index (κ2) is 12.0. The first-order valence-corrected chi connectivity index (χ1v) is 12.0. The molecule has 0 heterocycles. The van der Waals surface area contributed by atoms with Gasteiger partial charge in [-0.3, -0.25) is 0 Å². The maximum atomic E-state index is 5.45. The Morgan fingerprint density at radius 1 is 0.500 bits per heavy atom. The standard InChI is InChI=1S/C28H26N4O2S2/c1-33-25-9-5-3-7-23(25)31-27(35)29-21-15-11-19(12-16-21)20-13-17-22(18-14-20)30-28(36)32-24-8-4-6-10-26(24)34-2/h3-18H,1-2H3,(H2,29,31,35)(H2,30,32,36). The molecule has 0 unspecified atom stereocenters. The van der Waals surface area contributed by atoms with Crippen LogP contribution in [-0.2, 0) is 0 Å². The molecule has 0 fully saturated rings. The fourth-order valence-electron chi connectivity index (χ4n) is 3.56. The monoisotopic (exact) mass is 514 g/mol. The van der Waals surface area contributed by atoms with E-state index >= 15 is 0 Å². The number of para-hydroxylation sites is 4. The third-order valence-corrected chi connectivity index (χ3v) is 5.74. The number of rotatable bonds is 7. The minimum Gasteiger partial charge on any atom is -0.495 e. The van der Waals surface area contributed by atoms with E-state index in [1.165, 1.54) is 0 Å². The first-order valence-electron chi connectivity index (χ1n) is 11.2. The van der Waals surface area contributed by atoms with Gasteiger partial charge in [0.2, 0.25) is 0 Å². The number of hydrogen-bond acceptors (Lipinski definition) is 4. The van der Waals surface area contributed by atoms with Crippen LogP contribution in [0.1, 0.15) is 0 Å². The van der Waals surface area contributed by atoms with Crippen molar-refractivity contribution in [1.29, 1.82) is 0 Å². The van der Waals surface area contributed by atoms with Crippen LogP contribution in [-0.4, -0.2) is 24.4 Å². The van der Waals surface area contributed by atoms with E-state index in [2.05, 4.69) is 21.3 Å². The number of nitrogens with one attached hydrogen (secondary N) is 4. The smallest absolute Gasteiger partial charge is 0.175 e. The molecular formula is C28H26N4O2S2. The van der Waals surface area contributed by atoms with Crippen molar-refractivity contribution in [3.63, 3.8) is 0 Å². The molecule has 4 rings (SSSR count). The molecule has 0 radical (unpaired) electrons.